The summed E-state index contributed by atoms with van der Waals surface area (Å²) in [4.78, 5) is 35.9. The first kappa shape index (κ1) is 14.3. The van der Waals surface area contributed by atoms with Crippen LogP contribution in [0.1, 0.15) is 37.1 Å². The molecule has 0 unspecified atom stereocenters. The van der Waals surface area contributed by atoms with Crippen LogP contribution in [-0.2, 0) is 22.4 Å². The number of carbonyl (C=O) groups excluding carboxylic acids is 2. The Morgan fingerprint density at radius 3 is 3.00 bits per heavy atom. The molecular formula is C14H17N3O3S. The van der Waals surface area contributed by atoms with Crippen LogP contribution in [0, 0.1) is 0 Å². The quantitative estimate of drug-likeness (QED) is 0.876. The lowest BCUT2D eigenvalue weighted by molar-refractivity contribution is -0.127. The van der Waals surface area contributed by atoms with Crippen LogP contribution in [0.3, 0.4) is 0 Å². The summed E-state index contributed by atoms with van der Waals surface area (Å²) in [7, 11) is 0. The molecule has 0 saturated carbocycles. The van der Waals surface area contributed by atoms with Crippen LogP contribution in [0.25, 0.3) is 0 Å². The summed E-state index contributed by atoms with van der Waals surface area (Å²) in [6.45, 7) is 1.64. The lowest BCUT2D eigenvalue weighted by atomic mass is 10.2. The van der Waals surface area contributed by atoms with Crippen molar-refractivity contribution in [3.05, 3.63) is 27.7 Å². The molecule has 1 amide bonds. The maximum Gasteiger partial charge on any atom is 0.267 e. The fraction of sp³-hybridized carbons (Fsp3) is 0.571. The molecule has 3 rings (SSSR count). The molecule has 1 N–H and O–H groups in total. The van der Waals surface area contributed by atoms with Gasteiger partial charge in [0, 0.05) is 11.8 Å². The molecule has 0 aromatic carbocycles. The van der Waals surface area contributed by atoms with Gasteiger partial charge in [-0.25, -0.2) is 4.68 Å². The monoisotopic (exact) mass is 307 g/mol. The van der Waals surface area contributed by atoms with Gasteiger partial charge in [0.15, 0.2) is 0 Å². The molecule has 0 spiro atoms. The number of fused-ring (bicyclic) bond motifs is 1. The van der Waals surface area contributed by atoms with E-state index in [4.69, 9.17) is 0 Å². The predicted octanol–water partition coefficient (Wildman–Crippen LogP) is 0.441. The van der Waals surface area contributed by atoms with E-state index in [1.165, 1.54) is 16.4 Å². The van der Waals surface area contributed by atoms with Crippen molar-refractivity contribution in [1.29, 1.82) is 0 Å². The predicted molar refractivity (Wildman–Crippen MR) is 79.2 cm³/mol. The number of thioether (sulfide) groups is 1. The summed E-state index contributed by atoms with van der Waals surface area (Å²) in [5, 5.41) is 7.02. The van der Waals surface area contributed by atoms with Crippen molar-refractivity contribution in [1.82, 2.24) is 15.1 Å². The van der Waals surface area contributed by atoms with Crippen molar-refractivity contribution >= 4 is 22.8 Å². The zero-order valence-electron chi connectivity index (χ0n) is 11.8. The number of rotatable bonds is 3. The highest BCUT2D eigenvalue weighted by Crippen LogP contribution is 2.20. The highest BCUT2D eigenvalue weighted by molar-refractivity contribution is 8.14. The van der Waals surface area contributed by atoms with Gasteiger partial charge in [-0.15, -0.1) is 0 Å². The first-order valence-electron chi connectivity index (χ1n) is 7.15. The van der Waals surface area contributed by atoms with E-state index < -0.39 is 12.1 Å². The highest BCUT2D eigenvalue weighted by atomic mass is 32.2. The van der Waals surface area contributed by atoms with Crippen molar-refractivity contribution in [2.45, 2.75) is 44.7 Å². The Kier molecular flexibility index (Phi) is 3.84. The standard InChI is InChI=1S/C14H17N3O3S/c1-8(13(19)15-11-5-6-21-14(11)20)17-12(18)7-9-3-2-4-10(9)16-17/h7-8,11H,2-6H2,1H3,(H,15,19)/t8-,11+/m1/s1. The van der Waals surface area contributed by atoms with Gasteiger partial charge in [0.2, 0.25) is 11.0 Å². The molecule has 0 bridgehead atoms. The number of aryl methyl sites for hydroxylation is 2. The number of carbonyl (C=O) groups is 2. The molecule has 0 radical (unpaired) electrons. The summed E-state index contributed by atoms with van der Waals surface area (Å²) in [5.41, 5.74) is 1.64. The molecule has 1 aromatic rings. The number of nitrogens with zero attached hydrogens (tertiary/aromatic N) is 2. The van der Waals surface area contributed by atoms with Gasteiger partial charge in [-0.1, -0.05) is 11.8 Å². The van der Waals surface area contributed by atoms with Gasteiger partial charge < -0.3 is 5.32 Å². The molecule has 1 aromatic heterocycles. The molecule has 6 nitrogen and oxygen atoms in total. The van der Waals surface area contributed by atoms with E-state index in [2.05, 4.69) is 10.4 Å². The summed E-state index contributed by atoms with van der Waals surface area (Å²) < 4.78 is 1.23. The molecular weight excluding hydrogens is 290 g/mol. The lowest BCUT2D eigenvalue weighted by Crippen LogP contribution is -2.43. The van der Waals surface area contributed by atoms with E-state index in [0.717, 1.165) is 36.3 Å². The lowest BCUT2D eigenvalue weighted by Gasteiger charge is -2.17. The molecule has 1 saturated heterocycles. The van der Waals surface area contributed by atoms with Crippen LogP contribution in [0.2, 0.25) is 0 Å². The number of hydrogen-bond donors (Lipinski definition) is 1. The van der Waals surface area contributed by atoms with Crippen LogP contribution in [0.4, 0.5) is 0 Å². The minimum Gasteiger partial charge on any atom is -0.343 e. The molecule has 2 heterocycles. The van der Waals surface area contributed by atoms with Gasteiger partial charge in [-0.3, -0.25) is 14.4 Å². The van der Waals surface area contributed by atoms with E-state index >= 15 is 0 Å². The Bertz CT molecular complexity index is 655. The third kappa shape index (κ3) is 2.74. The average Bonchev–Trinajstić information content (AvgIpc) is 3.06. The summed E-state index contributed by atoms with van der Waals surface area (Å²) in [6, 6.07) is 0.437. The van der Waals surface area contributed by atoms with E-state index in [1.807, 2.05) is 0 Å². The van der Waals surface area contributed by atoms with Crippen LogP contribution >= 0.6 is 11.8 Å². The largest absolute Gasteiger partial charge is 0.343 e. The van der Waals surface area contributed by atoms with Gasteiger partial charge in [-0.05, 0) is 38.2 Å². The summed E-state index contributed by atoms with van der Waals surface area (Å²) in [5.74, 6) is 0.401. The van der Waals surface area contributed by atoms with Gasteiger partial charge in [0.1, 0.15) is 6.04 Å². The average molecular weight is 307 g/mol. The molecule has 2 atom stereocenters. The van der Waals surface area contributed by atoms with E-state index in [0.29, 0.717) is 6.42 Å². The topological polar surface area (TPSA) is 81.1 Å². The first-order chi connectivity index (χ1) is 10.1. The van der Waals surface area contributed by atoms with Crippen molar-refractivity contribution in [2.75, 3.05) is 5.75 Å². The zero-order chi connectivity index (χ0) is 15.0. The summed E-state index contributed by atoms with van der Waals surface area (Å²) in [6.07, 6.45) is 3.38. The van der Waals surface area contributed by atoms with Gasteiger partial charge in [-0.2, -0.15) is 5.10 Å². The molecule has 112 valence electrons. The van der Waals surface area contributed by atoms with E-state index in [9.17, 15) is 14.4 Å². The van der Waals surface area contributed by atoms with Gasteiger partial charge >= 0.3 is 0 Å². The molecule has 1 aliphatic carbocycles. The van der Waals surface area contributed by atoms with Crippen molar-refractivity contribution in [2.24, 2.45) is 0 Å². The third-order valence-electron chi connectivity index (χ3n) is 3.98. The maximum atomic E-state index is 12.2. The van der Waals surface area contributed by atoms with E-state index in [-0.39, 0.29) is 16.6 Å². The smallest absolute Gasteiger partial charge is 0.267 e. The second-order valence-corrected chi connectivity index (χ2v) is 6.55. The molecule has 1 aliphatic heterocycles. The van der Waals surface area contributed by atoms with Crippen LogP contribution < -0.4 is 10.9 Å². The minimum absolute atomic E-state index is 0.00944. The second kappa shape index (κ2) is 5.63. The van der Waals surface area contributed by atoms with Crippen LogP contribution in [0.15, 0.2) is 10.9 Å². The Morgan fingerprint density at radius 2 is 2.29 bits per heavy atom. The fourth-order valence-corrected chi connectivity index (χ4v) is 3.66. The SMILES string of the molecule is C[C@H](C(=O)N[C@H]1CCSC1=O)n1nc2c(cc1=O)CCC2. The fourth-order valence-electron chi connectivity index (χ4n) is 2.72. The zero-order valence-corrected chi connectivity index (χ0v) is 12.6. The third-order valence-corrected chi connectivity index (χ3v) is 4.99. The van der Waals surface area contributed by atoms with Crippen LogP contribution in [0.5, 0.6) is 0 Å². The Hall–Kier alpha value is -1.63. The maximum absolute atomic E-state index is 12.2. The van der Waals surface area contributed by atoms with E-state index in [1.54, 1.807) is 13.0 Å². The summed E-state index contributed by atoms with van der Waals surface area (Å²) >= 11 is 1.24. The Balaban J connectivity index is 1.78. The molecule has 1 fully saturated rings. The normalized spacial score (nSPS) is 22.1. The molecule has 2 aliphatic rings. The molecule has 21 heavy (non-hydrogen) atoms. The number of aromatic nitrogens is 2. The van der Waals surface area contributed by atoms with Crippen molar-refractivity contribution in [3.63, 3.8) is 0 Å². The number of hydrogen-bond acceptors (Lipinski definition) is 5. The highest BCUT2D eigenvalue weighted by Gasteiger charge is 2.29. The molecule has 7 heteroatoms. The van der Waals surface area contributed by atoms with Gasteiger partial charge in [0.05, 0.1) is 11.7 Å². The Morgan fingerprint density at radius 1 is 1.48 bits per heavy atom. The first-order valence-corrected chi connectivity index (χ1v) is 8.13. The van der Waals surface area contributed by atoms with Crippen molar-refractivity contribution in [3.8, 4) is 0 Å². The number of nitrogens with one attached hydrogen (secondary N) is 1. The second-order valence-electron chi connectivity index (χ2n) is 5.45. The van der Waals surface area contributed by atoms with Crippen LogP contribution in [-0.4, -0.2) is 32.6 Å². The van der Waals surface area contributed by atoms with Crippen molar-refractivity contribution < 1.29 is 9.59 Å². The van der Waals surface area contributed by atoms with Gasteiger partial charge in [0.25, 0.3) is 5.56 Å². The Labute approximate surface area is 126 Å². The minimum atomic E-state index is -0.707. The number of amides is 1.